The maximum absolute atomic E-state index is 12.8. The van der Waals surface area contributed by atoms with Crippen LogP contribution in [0.5, 0.6) is 0 Å². The molecule has 2 heterocycles. The lowest BCUT2D eigenvalue weighted by Crippen LogP contribution is -2.49. The van der Waals surface area contributed by atoms with Crippen LogP contribution in [0.4, 0.5) is 11.4 Å². The second-order valence-electron chi connectivity index (χ2n) is 7.59. The highest BCUT2D eigenvalue weighted by Crippen LogP contribution is 2.29. The van der Waals surface area contributed by atoms with Gasteiger partial charge in [-0.15, -0.1) is 0 Å². The first kappa shape index (κ1) is 20.9. The van der Waals surface area contributed by atoms with Crippen LogP contribution in [0.2, 0.25) is 0 Å². The molecule has 1 amide bonds. The summed E-state index contributed by atoms with van der Waals surface area (Å²) in [6.07, 6.45) is 3.13. The van der Waals surface area contributed by atoms with Gasteiger partial charge in [0.25, 0.3) is 5.69 Å². The molecule has 0 saturated carbocycles. The molecule has 0 atom stereocenters. The number of benzene rings is 2. The van der Waals surface area contributed by atoms with Gasteiger partial charge in [-0.1, -0.05) is 18.2 Å². The average Bonchev–Trinajstić information content (AvgIpc) is 3.15. The lowest BCUT2D eigenvalue weighted by molar-refractivity contribution is -0.387. The van der Waals surface area contributed by atoms with Crippen LogP contribution in [0.1, 0.15) is 5.56 Å². The number of hydrogen-bond acceptors (Lipinski definition) is 6. The van der Waals surface area contributed by atoms with Gasteiger partial charge in [0, 0.05) is 61.3 Å². The topological polar surface area (TPSA) is 117 Å². The van der Waals surface area contributed by atoms with Crippen molar-refractivity contribution in [3.63, 3.8) is 0 Å². The van der Waals surface area contributed by atoms with Crippen LogP contribution >= 0.6 is 0 Å². The number of nitrogens with one attached hydrogen (secondary N) is 1. The van der Waals surface area contributed by atoms with Crippen molar-refractivity contribution in [3.8, 4) is 0 Å². The van der Waals surface area contributed by atoms with Crippen molar-refractivity contribution >= 4 is 38.0 Å². The van der Waals surface area contributed by atoms with E-state index >= 15 is 0 Å². The Hall–Kier alpha value is -3.40. The molecule has 1 fully saturated rings. The van der Waals surface area contributed by atoms with E-state index in [0.717, 1.165) is 22.7 Å². The number of aromatic nitrogens is 1. The normalized spacial score (nSPS) is 14.7. The van der Waals surface area contributed by atoms with Crippen LogP contribution in [0.3, 0.4) is 0 Å². The Bertz CT molecular complexity index is 1260. The van der Waals surface area contributed by atoms with Gasteiger partial charge in [-0.2, -0.15) is 0 Å². The second-order valence-corrected chi connectivity index (χ2v) is 9.57. The third-order valence-corrected chi connectivity index (χ3v) is 6.68. The Morgan fingerprint density at radius 1 is 1.13 bits per heavy atom. The summed E-state index contributed by atoms with van der Waals surface area (Å²) in [5.41, 5.74) is 2.11. The molecule has 10 heteroatoms. The lowest BCUT2D eigenvalue weighted by atomic mass is 10.1. The first-order chi connectivity index (χ1) is 14.7. The quantitative estimate of drug-likeness (QED) is 0.479. The third kappa shape index (κ3) is 4.24. The molecule has 1 aromatic heterocycles. The van der Waals surface area contributed by atoms with Gasteiger partial charge in [0.05, 0.1) is 11.3 Å². The van der Waals surface area contributed by atoms with Crippen molar-refractivity contribution in [2.24, 2.45) is 0 Å². The van der Waals surface area contributed by atoms with Crippen LogP contribution in [0, 0.1) is 10.1 Å². The number of amides is 1. The molecule has 2 aromatic carbocycles. The van der Waals surface area contributed by atoms with Crippen molar-refractivity contribution in [3.05, 3.63) is 64.3 Å². The van der Waals surface area contributed by atoms with E-state index in [4.69, 9.17) is 0 Å². The van der Waals surface area contributed by atoms with E-state index in [1.165, 1.54) is 12.1 Å². The summed E-state index contributed by atoms with van der Waals surface area (Å²) in [7, 11) is -3.75. The zero-order valence-corrected chi connectivity index (χ0v) is 17.8. The average molecular weight is 442 g/mol. The molecule has 0 unspecified atom stereocenters. The molecule has 1 N–H and O–H groups in total. The summed E-state index contributed by atoms with van der Waals surface area (Å²) in [6, 6.07) is 12.0. The lowest BCUT2D eigenvalue weighted by Gasteiger charge is -2.36. The molecule has 4 rings (SSSR count). The zero-order chi connectivity index (χ0) is 22.2. The van der Waals surface area contributed by atoms with Crippen molar-refractivity contribution in [1.29, 1.82) is 0 Å². The van der Waals surface area contributed by atoms with Crippen molar-refractivity contribution in [2.45, 2.75) is 11.3 Å². The van der Waals surface area contributed by atoms with Gasteiger partial charge in [0.2, 0.25) is 5.91 Å². The van der Waals surface area contributed by atoms with Crippen molar-refractivity contribution < 1.29 is 18.1 Å². The Kier molecular flexibility index (Phi) is 5.40. The molecule has 162 valence electrons. The van der Waals surface area contributed by atoms with Gasteiger partial charge >= 0.3 is 0 Å². The summed E-state index contributed by atoms with van der Waals surface area (Å²) in [5, 5.41) is 12.2. The van der Waals surface area contributed by atoms with E-state index in [2.05, 4.69) is 4.98 Å². The maximum atomic E-state index is 12.8. The molecule has 0 aliphatic carbocycles. The third-order valence-electron chi connectivity index (χ3n) is 5.55. The standard InChI is InChI=1S/C21H22N4O5S/c1-31(29,30)20-13-16(6-7-19(20)25(27)28)23-8-10-24(11-9-23)21(26)12-15-14-22-18-5-3-2-4-17(15)18/h2-7,13-14,22H,8-12H2,1H3. The van der Waals surface area contributed by atoms with Gasteiger partial charge in [0.1, 0.15) is 4.90 Å². The fourth-order valence-corrected chi connectivity index (χ4v) is 4.77. The van der Waals surface area contributed by atoms with E-state index in [0.29, 0.717) is 38.3 Å². The van der Waals surface area contributed by atoms with Gasteiger partial charge in [-0.05, 0) is 23.8 Å². The Morgan fingerprint density at radius 2 is 1.84 bits per heavy atom. The number of para-hydroxylation sites is 1. The summed E-state index contributed by atoms with van der Waals surface area (Å²) in [6.45, 7) is 2.01. The number of hydrogen-bond donors (Lipinski definition) is 1. The number of nitro groups is 1. The number of H-pyrrole nitrogens is 1. The number of aromatic amines is 1. The van der Waals surface area contributed by atoms with Crippen LogP contribution in [-0.4, -0.2) is 61.6 Å². The van der Waals surface area contributed by atoms with Crippen LogP contribution in [0.15, 0.2) is 53.6 Å². The number of rotatable bonds is 5. The summed E-state index contributed by atoms with van der Waals surface area (Å²) >= 11 is 0. The largest absolute Gasteiger partial charge is 0.368 e. The SMILES string of the molecule is CS(=O)(=O)c1cc(N2CCN(C(=O)Cc3c[nH]c4ccccc34)CC2)ccc1[N+](=O)[O-]. The Labute approximate surface area is 179 Å². The number of anilines is 1. The number of fused-ring (bicyclic) bond motifs is 1. The summed E-state index contributed by atoms with van der Waals surface area (Å²) < 4.78 is 24.0. The van der Waals surface area contributed by atoms with Crippen LogP contribution in [-0.2, 0) is 21.1 Å². The van der Waals surface area contributed by atoms with Crippen molar-refractivity contribution in [2.75, 3.05) is 37.3 Å². The second kappa shape index (κ2) is 8.03. The van der Waals surface area contributed by atoms with Gasteiger partial charge in [-0.3, -0.25) is 14.9 Å². The molecule has 1 aliphatic rings. The van der Waals surface area contributed by atoms with Crippen molar-refractivity contribution in [1.82, 2.24) is 9.88 Å². The summed E-state index contributed by atoms with van der Waals surface area (Å²) in [5.74, 6) is 0.0323. The molecule has 1 saturated heterocycles. The van der Waals surface area contributed by atoms with Crippen LogP contribution in [0.25, 0.3) is 10.9 Å². The molecule has 0 bridgehead atoms. The minimum atomic E-state index is -3.75. The van der Waals surface area contributed by atoms with E-state index in [1.54, 1.807) is 11.0 Å². The summed E-state index contributed by atoms with van der Waals surface area (Å²) in [4.78, 5) is 29.9. The van der Waals surface area contributed by atoms with E-state index < -0.39 is 20.4 Å². The molecular weight excluding hydrogens is 420 g/mol. The molecule has 0 spiro atoms. The van der Waals surface area contributed by atoms with Gasteiger partial charge < -0.3 is 14.8 Å². The monoisotopic (exact) mass is 442 g/mol. The highest BCUT2D eigenvalue weighted by molar-refractivity contribution is 7.90. The minimum absolute atomic E-state index is 0.0323. The molecule has 31 heavy (non-hydrogen) atoms. The molecule has 9 nitrogen and oxygen atoms in total. The smallest absolute Gasteiger partial charge is 0.288 e. The Morgan fingerprint density at radius 3 is 2.52 bits per heavy atom. The van der Waals surface area contributed by atoms with E-state index in [9.17, 15) is 23.3 Å². The first-order valence-corrected chi connectivity index (χ1v) is 11.7. The minimum Gasteiger partial charge on any atom is -0.368 e. The number of sulfone groups is 1. The fraction of sp³-hybridized carbons (Fsp3) is 0.286. The molecule has 3 aromatic rings. The number of piperazine rings is 1. The van der Waals surface area contributed by atoms with Crippen LogP contribution < -0.4 is 4.90 Å². The van der Waals surface area contributed by atoms with E-state index in [1.807, 2.05) is 35.4 Å². The number of carbonyl (C=O) groups is 1. The fourth-order valence-electron chi connectivity index (χ4n) is 3.91. The van der Waals surface area contributed by atoms with Gasteiger partial charge in [0.15, 0.2) is 9.84 Å². The van der Waals surface area contributed by atoms with Gasteiger partial charge in [-0.25, -0.2) is 8.42 Å². The maximum Gasteiger partial charge on any atom is 0.288 e. The number of nitrogens with zero attached hydrogens (tertiary/aromatic N) is 3. The predicted molar refractivity (Wildman–Crippen MR) is 117 cm³/mol. The highest BCUT2D eigenvalue weighted by Gasteiger charge is 2.26. The zero-order valence-electron chi connectivity index (χ0n) is 16.9. The molecule has 1 aliphatic heterocycles. The van der Waals surface area contributed by atoms with E-state index in [-0.39, 0.29) is 10.8 Å². The first-order valence-electron chi connectivity index (χ1n) is 9.80. The highest BCUT2D eigenvalue weighted by atomic mass is 32.2. The number of nitro benzene ring substituents is 1. The number of carbonyl (C=O) groups excluding carboxylic acids is 1. The Balaban J connectivity index is 1.45. The molecule has 0 radical (unpaired) electrons. The molecular formula is C21H22N4O5S. The predicted octanol–water partition coefficient (Wildman–Crippen LogP) is 2.37.